The van der Waals surface area contributed by atoms with E-state index in [1.165, 1.54) is 0 Å². The smallest absolute Gasteiger partial charge is 0.272 e. The Kier molecular flexibility index (Phi) is 8.04. The van der Waals surface area contributed by atoms with Crippen molar-refractivity contribution >= 4 is 11.7 Å². The van der Waals surface area contributed by atoms with Crippen molar-refractivity contribution in [2.24, 2.45) is 0 Å². The number of aliphatic hydroxyl groups excluding tert-OH is 2. The Bertz CT molecular complexity index is 830. The number of hydrogen-bond donors (Lipinski definition) is 3. The van der Waals surface area contributed by atoms with Gasteiger partial charge in [-0.2, -0.15) is 0 Å². The Morgan fingerprint density at radius 3 is 2.73 bits per heavy atom. The summed E-state index contributed by atoms with van der Waals surface area (Å²) in [5.41, 5.74) is 1.47. The fourth-order valence-corrected chi connectivity index (χ4v) is 3.58. The molecular weight excluding hydrogens is 382 g/mol. The standard InChI is InChI=1S/C23H31N3O4/c1-24-22-12-7-10-18(25-22)23(29)26-14-6-2-3-8-17-9-4-5-11-21(17)30-16-20(28)19(27)13-15-26/h4-5,7,9-12,19-20,27-28H,2-3,6,8,13-16H2,1H3,(H,24,25)/t19-,20+/m0/s1. The molecular formula is C23H31N3O4. The monoisotopic (exact) mass is 413 g/mol. The number of nitrogens with one attached hydrogen (secondary N) is 1. The van der Waals surface area contributed by atoms with Crippen LogP contribution in [0.15, 0.2) is 42.5 Å². The summed E-state index contributed by atoms with van der Waals surface area (Å²) < 4.78 is 5.78. The molecule has 2 atom stereocenters. The number of rotatable bonds is 2. The first-order valence-electron chi connectivity index (χ1n) is 10.6. The molecule has 0 bridgehead atoms. The molecule has 7 heteroatoms. The second kappa shape index (κ2) is 10.9. The first-order chi connectivity index (χ1) is 14.6. The Labute approximate surface area is 177 Å². The van der Waals surface area contributed by atoms with Crippen LogP contribution in [0.2, 0.25) is 0 Å². The zero-order valence-corrected chi connectivity index (χ0v) is 17.5. The summed E-state index contributed by atoms with van der Waals surface area (Å²) in [7, 11) is 1.76. The number of carbonyl (C=O) groups excluding carboxylic acids is 1. The van der Waals surface area contributed by atoms with Gasteiger partial charge in [-0.15, -0.1) is 0 Å². The number of anilines is 1. The van der Waals surface area contributed by atoms with Crippen molar-refractivity contribution in [1.82, 2.24) is 9.88 Å². The lowest BCUT2D eigenvalue weighted by molar-refractivity contribution is -0.0153. The Morgan fingerprint density at radius 2 is 1.90 bits per heavy atom. The number of amides is 1. The van der Waals surface area contributed by atoms with Crippen LogP contribution < -0.4 is 10.1 Å². The van der Waals surface area contributed by atoms with Gasteiger partial charge in [-0.3, -0.25) is 4.79 Å². The average Bonchev–Trinajstić information content (AvgIpc) is 2.78. The molecule has 2 heterocycles. The van der Waals surface area contributed by atoms with E-state index < -0.39 is 12.2 Å². The highest BCUT2D eigenvalue weighted by molar-refractivity contribution is 5.92. The van der Waals surface area contributed by atoms with Gasteiger partial charge in [-0.1, -0.05) is 30.7 Å². The molecule has 0 spiro atoms. The molecule has 0 radical (unpaired) electrons. The van der Waals surface area contributed by atoms with Gasteiger partial charge < -0.3 is 25.2 Å². The summed E-state index contributed by atoms with van der Waals surface area (Å²) in [4.78, 5) is 19.1. The lowest BCUT2D eigenvalue weighted by Gasteiger charge is -2.26. The third kappa shape index (κ3) is 5.93. The van der Waals surface area contributed by atoms with Crippen LogP contribution in [0.1, 0.15) is 41.7 Å². The minimum absolute atomic E-state index is 0.0118. The largest absolute Gasteiger partial charge is 0.491 e. The SMILES string of the molecule is CNc1cccc(C(=O)N2CCCCCc3ccccc3OC[C@@H](O)[C@@H](O)CC2)n1. The van der Waals surface area contributed by atoms with E-state index in [0.717, 1.165) is 37.0 Å². The summed E-state index contributed by atoms with van der Waals surface area (Å²) in [6.45, 7) is 0.947. The van der Waals surface area contributed by atoms with E-state index in [9.17, 15) is 15.0 Å². The third-order valence-corrected chi connectivity index (χ3v) is 5.41. The quantitative estimate of drug-likeness (QED) is 0.700. The van der Waals surface area contributed by atoms with E-state index in [4.69, 9.17) is 4.74 Å². The van der Waals surface area contributed by atoms with Gasteiger partial charge in [0.25, 0.3) is 5.91 Å². The number of aromatic nitrogens is 1. The van der Waals surface area contributed by atoms with Gasteiger partial charge in [0.05, 0.1) is 6.10 Å². The molecule has 1 aromatic heterocycles. The maximum atomic E-state index is 13.0. The summed E-state index contributed by atoms with van der Waals surface area (Å²) in [5.74, 6) is 1.23. The number of ether oxygens (including phenoxy) is 1. The number of hydrogen-bond acceptors (Lipinski definition) is 6. The number of benzene rings is 1. The third-order valence-electron chi connectivity index (χ3n) is 5.41. The Balaban J connectivity index is 1.72. The number of para-hydroxylation sites is 1. The number of carbonyl (C=O) groups is 1. The van der Waals surface area contributed by atoms with Crippen molar-refractivity contribution in [3.05, 3.63) is 53.7 Å². The molecule has 0 fully saturated rings. The predicted molar refractivity (Wildman–Crippen MR) is 116 cm³/mol. The van der Waals surface area contributed by atoms with Crippen molar-refractivity contribution in [2.45, 2.75) is 44.3 Å². The Morgan fingerprint density at radius 1 is 1.07 bits per heavy atom. The van der Waals surface area contributed by atoms with Crippen molar-refractivity contribution in [3.8, 4) is 5.75 Å². The van der Waals surface area contributed by atoms with Crippen LogP contribution in [0.4, 0.5) is 5.82 Å². The van der Waals surface area contributed by atoms with Gasteiger partial charge in [0.15, 0.2) is 0 Å². The van der Waals surface area contributed by atoms with Crippen molar-refractivity contribution in [1.29, 1.82) is 0 Å². The topological polar surface area (TPSA) is 94.9 Å². The van der Waals surface area contributed by atoms with Gasteiger partial charge in [0.2, 0.25) is 0 Å². The van der Waals surface area contributed by atoms with Crippen molar-refractivity contribution in [3.63, 3.8) is 0 Å². The predicted octanol–water partition coefficient (Wildman–Crippen LogP) is 2.48. The van der Waals surface area contributed by atoms with Crippen LogP contribution in [0.25, 0.3) is 0 Å². The normalized spacial score (nSPS) is 21.1. The summed E-state index contributed by atoms with van der Waals surface area (Å²) in [5, 5.41) is 23.7. The molecule has 0 saturated heterocycles. The lowest BCUT2D eigenvalue weighted by atomic mass is 10.0. The zero-order chi connectivity index (χ0) is 21.3. The number of aliphatic hydroxyl groups is 2. The van der Waals surface area contributed by atoms with Crippen LogP contribution in [-0.2, 0) is 6.42 Å². The van der Waals surface area contributed by atoms with Crippen molar-refractivity contribution in [2.75, 3.05) is 32.1 Å². The van der Waals surface area contributed by atoms with E-state index >= 15 is 0 Å². The maximum absolute atomic E-state index is 13.0. The molecule has 3 N–H and O–H groups in total. The van der Waals surface area contributed by atoms with Crippen LogP contribution in [0, 0.1) is 0 Å². The molecule has 3 rings (SSSR count). The minimum Gasteiger partial charge on any atom is -0.491 e. The first-order valence-corrected chi connectivity index (χ1v) is 10.6. The van der Waals surface area contributed by atoms with Crippen LogP contribution in [-0.4, -0.2) is 65.0 Å². The van der Waals surface area contributed by atoms with Gasteiger partial charge >= 0.3 is 0 Å². The number of fused-ring (bicyclic) bond motifs is 1. The summed E-state index contributed by atoms with van der Waals surface area (Å²) in [6.07, 6.45) is 1.96. The first kappa shape index (κ1) is 22.1. The molecule has 1 aliphatic heterocycles. The van der Waals surface area contributed by atoms with Crippen LogP contribution in [0.3, 0.4) is 0 Å². The highest BCUT2D eigenvalue weighted by Crippen LogP contribution is 2.22. The van der Waals surface area contributed by atoms with Crippen molar-refractivity contribution < 1.29 is 19.7 Å². The van der Waals surface area contributed by atoms with E-state index in [-0.39, 0.29) is 18.9 Å². The van der Waals surface area contributed by atoms with Gasteiger partial charge in [-0.05, 0) is 49.4 Å². The molecule has 1 amide bonds. The van der Waals surface area contributed by atoms with E-state index in [0.29, 0.717) is 24.6 Å². The minimum atomic E-state index is -1.02. The highest BCUT2D eigenvalue weighted by atomic mass is 16.5. The molecule has 30 heavy (non-hydrogen) atoms. The molecule has 1 aliphatic rings. The number of nitrogens with zero attached hydrogens (tertiary/aromatic N) is 2. The maximum Gasteiger partial charge on any atom is 0.272 e. The summed E-state index contributed by atoms with van der Waals surface area (Å²) in [6, 6.07) is 13.1. The van der Waals surface area contributed by atoms with E-state index in [1.54, 1.807) is 30.1 Å². The molecule has 0 saturated carbocycles. The van der Waals surface area contributed by atoms with E-state index in [1.807, 2.05) is 24.3 Å². The summed E-state index contributed by atoms with van der Waals surface area (Å²) >= 11 is 0. The molecule has 0 unspecified atom stereocenters. The molecule has 2 aromatic rings. The van der Waals surface area contributed by atoms with Gasteiger partial charge in [-0.25, -0.2) is 4.98 Å². The molecule has 162 valence electrons. The second-order valence-corrected chi connectivity index (χ2v) is 7.60. The van der Waals surface area contributed by atoms with Crippen LogP contribution in [0.5, 0.6) is 5.75 Å². The molecule has 0 aliphatic carbocycles. The fourth-order valence-electron chi connectivity index (χ4n) is 3.58. The van der Waals surface area contributed by atoms with Gasteiger partial charge in [0, 0.05) is 20.1 Å². The van der Waals surface area contributed by atoms with E-state index in [2.05, 4.69) is 10.3 Å². The molecule has 1 aromatic carbocycles. The zero-order valence-electron chi connectivity index (χ0n) is 17.5. The highest BCUT2D eigenvalue weighted by Gasteiger charge is 2.22. The molecule has 7 nitrogen and oxygen atoms in total. The fraction of sp³-hybridized carbons (Fsp3) is 0.478. The van der Waals surface area contributed by atoms with Gasteiger partial charge in [0.1, 0.15) is 30.0 Å². The number of aryl methyl sites for hydroxylation is 1. The number of pyridine rings is 1. The second-order valence-electron chi connectivity index (χ2n) is 7.60. The van der Waals surface area contributed by atoms with Crippen LogP contribution >= 0.6 is 0 Å². The Hall–Kier alpha value is -2.64. The lowest BCUT2D eigenvalue weighted by Crippen LogP contribution is -2.39. The average molecular weight is 414 g/mol.